The summed E-state index contributed by atoms with van der Waals surface area (Å²) in [6.07, 6.45) is 1.39. The number of nitrogens with zero attached hydrogens (tertiary/aromatic N) is 2. The predicted molar refractivity (Wildman–Crippen MR) is 142 cm³/mol. The molecule has 0 aliphatic rings. The van der Waals surface area contributed by atoms with Crippen molar-refractivity contribution < 1.29 is 22.4 Å². The number of benzene rings is 2. The largest absolute Gasteiger partial charge is 0.354 e. The summed E-state index contributed by atoms with van der Waals surface area (Å²) in [4.78, 5) is 27.4. The van der Waals surface area contributed by atoms with Crippen LogP contribution in [0.3, 0.4) is 0 Å². The molecule has 2 amide bonds. The topological polar surface area (TPSA) is 86.8 Å². The van der Waals surface area contributed by atoms with Gasteiger partial charge in [0.25, 0.3) is 0 Å². The molecule has 2 rings (SSSR count). The fourth-order valence-electron chi connectivity index (χ4n) is 3.82. The number of nitrogens with one attached hydrogen (secondary N) is 1. The van der Waals surface area contributed by atoms with Gasteiger partial charge >= 0.3 is 0 Å². The first-order valence-corrected chi connectivity index (χ1v) is 14.0. The van der Waals surface area contributed by atoms with Crippen LogP contribution in [0.1, 0.15) is 50.3 Å². The summed E-state index contributed by atoms with van der Waals surface area (Å²) in [7, 11) is -3.58. The van der Waals surface area contributed by atoms with E-state index in [2.05, 4.69) is 5.32 Å². The van der Waals surface area contributed by atoms with Crippen LogP contribution in [-0.4, -0.2) is 50.5 Å². The summed E-state index contributed by atoms with van der Waals surface area (Å²) in [5, 5.41) is 2.83. The number of aryl methyl sites for hydroxylation is 2. The number of amides is 2. The smallest absolute Gasteiger partial charge is 0.242 e. The van der Waals surface area contributed by atoms with E-state index in [-0.39, 0.29) is 43.7 Å². The second-order valence-corrected chi connectivity index (χ2v) is 11.6. The number of carbonyl (C=O) groups is 2. The van der Waals surface area contributed by atoms with Gasteiger partial charge in [-0.1, -0.05) is 44.2 Å². The normalized spacial score (nSPS) is 12.3. The lowest BCUT2D eigenvalue weighted by molar-refractivity contribution is -0.140. The molecule has 0 fully saturated rings. The second-order valence-electron chi connectivity index (χ2n) is 9.66. The highest BCUT2D eigenvalue weighted by molar-refractivity contribution is 7.92. The van der Waals surface area contributed by atoms with Crippen LogP contribution in [0.2, 0.25) is 0 Å². The zero-order valence-corrected chi connectivity index (χ0v) is 22.9. The lowest BCUT2D eigenvalue weighted by atomic mass is 10.1. The molecule has 0 aromatic heterocycles. The van der Waals surface area contributed by atoms with Gasteiger partial charge in [0.1, 0.15) is 11.9 Å². The molecule has 0 saturated carbocycles. The van der Waals surface area contributed by atoms with Crippen molar-refractivity contribution in [2.75, 3.05) is 23.7 Å². The van der Waals surface area contributed by atoms with Crippen molar-refractivity contribution in [3.8, 4) is 0 Å². The molecule has 0 saturated heterocycles. The summed E-state index contributed by atoms with van der Waals surface area (Å²) in [6.45, 7) is 9.79. The summed E-state index contributed by atoms with van der Waals surface area (Å²) in [5.74, 6) is -0.881. The molecule has 2 aromatic rings. The Balaban J connectivity index is 2.21. The van der Waals surface area contributed by atoms with Gasteiger partial charge in [-0.05, 0) is 56.4 Å². The van der Waals surface area contributed by atoms with Gasteiger partial charge in [0, 0.05) is 31.6 Å². The third kappa shape index (κ3) is 8.33. The molecule has 1 atom stereocenters. The van der Waals surface area contributed by atoms with E-state index in [4.69, 9.17) is 0 Å². The van der Waals surface area contributed by atoms with E-state index in [1.807, 2.05) is 45.9 Å². The minimum Gasteiger partial charge on any atom is -0.354 e. The number of hydrogen-bond donors (Lipinski definition) is 1. The minimum atomic E-state index is -3.58. The Morgan fingerprint density at radius 1 is 1.06 bits per heavy atom. The molecule has 2 aromatic carbocycles. The molecule has 1 N–H and O–H groups in total. The number of halogens is 1. The lowest BCUT2D eigenvalue weighted by Crippen LogP contribution is -2.48. The fraction of sp³-hybridized carbons (Fsp3) is 0.481. The van der Waals surface area contributed by atoms with Gasteiger partial charge in [-0.3, -0.25) is 13.9 Å². The van der Waals surface area contributed by atoms with E-state index in [1.54, 1.807) is 25.1 Å². The fourth-order valence-corrected chi connectivity index (χ4v) is 4.83. The van der Waals surface area contributed by atoms with Crippen LogP contribution >= 0.6 is 0 Å². The predicted octanol–water partition coefficient (Wildman–Crippen LogP) is 4.18. The summed E-state index contributed by atoms with van der Waals surface area (Å²) >= 11 is 0. The van der Waals surface area contributed by atoms with Crippen molar-refractivity contribution >= 4 is 27.5 Å². The molecule has 0 aliphatic carbocycles. The average molecular weight is 520 g/mol. The molecule has 0 heterocycles. The van der Waals surface area contributed by atoms with Crippen molar-refractivity contribution in [3.05, 3.63) is 65.0 Å². The SMILES string of the molecule is Cc1ccc(C)c(N(CCCC(=O)N(Cc2ccccc2F)[C@H](C)C(=O)NCC(C)C)S(C)(=O)=O)c1. The highest BCUT2D eigenvalue weighted by atomic mass is 32.2. The van der Waals surface area contributed by atoms with Gasteiger partial charge in [0.2, 0.25) is 21.8 Å². The van der Waals surface area contributed by atoms with E-state index in [0.717, 1.165) is 17.4 Å². The van der Waals surface area contributed by atoms with Crippen LogP contribution in [0.5, 0.6) is 0 Å². The number of carbonyl (C=O) groups excluding carboxylic acids is 2. The maximum absolute atomic E-state index is 14.4. The molecule has 0 spiro atoms. The van der Waals surface area contributed by atoms with E-state index < -0.39 is 21.9 Å². The Morgan fingerprint density at radius 3 is 2.33 bits per heavy atom. The molecule has 9 heteroatoms. The molecule has 0 bridgehead atoms. The highest BCUT2D eigenvalue weighted by Crippen LogP contribution is 2.25. The number of rotatable bonds is 12. The summed E-state index contributed by atoms with van der Waals surface area (Å²) in [5.41, 5.74) is 2.63. The lowest BCUT2D eigenvalue weighted by Gasteiger charge is -2.30. The molecule has 198 valence electrons. The van der Waals surface area contributed by atoms with E-state index in [0.29, 0.717) is 17.8 Å². The molecular weight excluding hydrogens is 481 g/mol. The first kappa shape index (κ1) is 29.3. The van der Waals surface area contributed by atoms with E-state index in [1.165, 1.54) is 15.3 Å². The van der Waals surface area contributed by atoms with Crippen molar-refractivity contribution in [2.45, 2.75) is 60.0 Å². The molecule has 0 unspecified atom stereocenters. The van der Waals surface area contributed by atoms with Gasteiger partial charge in [0.05, 0.1) is 11.9 Å². The van der Waals surface area contributed by atoms with E-state index >= 15 is 0 Å². The number of hydrogen-bond acceptors (Lipinski definition) is 4. The summed E-state index contributed by atoms with van der Waals surface area (Å²) < 4.78 is 40.8. The second kappa shape index (κ2) is 12.9. The van der Waals surface area contributed by atoms with Gasteiger partial charge in [-0.2, -0.15) is 0 Å². The van der Waals surface area contributed by atoms with Crippen molar-refractivity contribution in [3.63, 3.8) is 0 Å². The third-order valence-corrected chi connectivity index (χ3v) is 7.12. The minimum absolute atomic E-state index is 0.00708. The zero-order chi connectivity index (χ0) is 27.0. The van der Waals surface area contributed by atoms with Gasteiger partial charge in [-0.25, -0.2) is 12.8 Å². The molecular formula is C27H38FN3O4S. The van der Waals surface area contributed by atoms with Crippen LogP contribution < -0.4 is 9.62 Å². The Hall–Kier alpha value is -2.94. The standard InChI is InChI=1S/C27H38FN3O4S/c1-19(2)17-29-27(33)22(5)30(18-23-10-7-8-11-24(23)28)26(32)12-9-15-31(36(6,34)35)25-16-20(3)13-14-21(25)4/h7-8,10-11,13-14,16,19,22H,9,12,15,17-18H2,1-6H3,(H,29,33)/t22-/m1/s1. The summed E-state index contributed by atoms with van der Waals surface area (Å²) in [6, 6.07) is 10.9. The monoisotopic (exact) mass is 519 g/mol. The zero-order valence-electron chi connectivity index (χ0n) is 22.0. The number of anilines is 1. The van der Waals surface area contributed by atoms with Crippen LogP contribution in [0.4, 0.5) is 10.1 Å². The van der Waals surface area contributed by atoms with Gasteiger partial charge < -0.3 is 10.2 Å². The molecule has 7 nitrogen and oxygen atoms in total. The maximum atomic E-state index is 14.4. The van der Waals surface area contributed by atoms with E-state index in [9.17, 15) is 22.4 Å². The van der Waals surface area contributed by atoms with Crippen LogP contribution in [0, 0.1) is 25.6 Å². The number of sulfonamides is 1. The van der Waals surface area contributed by atoms with Crippen molar-refractivity contribution in [2.24, 2.45) is 5.92 Å². The van der Waals surface area contributed by atoms with Gasteiger partial charge in [-0.15, -0.1) is 0 Å². The molecule has 0 radical (unpaired) electrons. The van der Waals surface area contributed by atoms with Gasteiger partial charge in [0.15, 0.2) is 0 Å². The first-order valence-electron chi connectivity index (χ1n) is 12.2. The quantitative estimate of drug-likeness (QED) is 0.456. The first-order chi connectivity index (χ1) is 16.8. The Bertz CT molecular complexity index is 1170. The Kier molecular flexibility index (Phi) is 10.5. The van der Waals surface area contributed by atoms with Crippen LogP contribution in [0.25, 0.3) is 0 Å². The molecule has 36 heavy (non-hydrogen) atoms. The third-order valence-electron chi connectivity index (χ3n) is 5.94. The Labute approximate surface area is 214 Å². The maximum Gasteiger partial charge on any atom is 0.242 e. The van der Waals surface area contributed by atoms with Crippen molar-refractivity contribution in [1.82, 2.24) is 10.2 Å². The highest BCUT2D eigenvalue weighted by Gasteiger charge is 2.27. The van der Waals surface area contributed by atoms with Crippen LogP contribution in [0.15, 0.2) is 42.5 Å². The van der Waals surface area contributed by atoms with Crippen LogP contribution in [-0.2, 0) is 26.2 Å². The average Bonchev–Trinajstić information content (AvgIpc) is 2.80. The Morgan fingerprint density at radius 2 is 1.72 bits per heavy atom. The molecule has 0 aliphatic heterocycles. The van der Waals surface area contributed by atoms with Crippen molar-refractivity contribution in [1.29, 1.82) is 0 Å².